The lowest BCUT2D eigenvalue weighted by Crippen LogP contribution is -2.22. The molecule has 2 aromatic heterocycles. The van der Waals surface area contributed by atoms with Crippen molar-refractivity contribution in [3.63, 3.8) is 0 Å². The van der Waals surface area contributed by atoms with E-state index in [4.69, 9.17) is 4.74 Å². The molecule has 0 aliphatic carbocycles. The first-order valence-electron chi connectivity index (χ1n) is 6.66. The third kappa shape index (κ3) is 3.80. The van der Waals surface area contributed by atoms with Crippen LogP contribution in [0, 0.1) is 0 Å². The average Bonchev–Trinajstić information content (AvgIpc) is 3.02. The third-order valence-corrected chi connectivity index (χ3v) is 2.86. The molecule has 0 bridgehead atoms. The lowest BCUT2D eigenvalue weighted by atomic mass is 10.1. The quantitative estimate of drug-likeness (QED) is 0.867. The molecule has 0 aliphatic heterocycles. The molecular weight excluding hydrogens is 256 g/mol. The molecule has 0 radical (unpaired) electrons. The number of nitrogens with one attached hydrogen (secondary N) is 1. The van der Waals surface area contributed by atoms with Gasteiger partial charge in [0.25, 0.3) is 0 Å². The van der Waals surface area contributed by atoms with Crippen molar-refractivity contribution >= 4 is 5.69 Å². The van der Waals surface area contributed by atoms with Gasteiger partial charge < -0.3 is 10.1 Å². The highest BCUT2D eigenvalue weighted by molar-refractivity contribution is 5.38. The molecule has 0 aliphatic rings. The van der Waals surface area contributed by atoms with Crippen LogP contribution in [0.25, 0.3) is 0 Å². The first-order valence-corrected chi connectivity index (χ1v) is 6.66. The number of hydrogen-bond acceptors (Lipinski definition) is 5. The van der Waals surface area contributed by atoms with Crippen LogP contribution in [0.1, 0.15) is 26.5 Å². The number of rotatable bonds is 6. The van der Waals surface area contributed by atoms with E-state index in [0.717, 1.165) is 17.9 Å². The maximum atomic E-state index is 5.02. The molecule has 7 heteroatoms. The zero-order chi connectivity index (χ0) is 14.6. The van der Waals surface area contributed by atoms with Crippen LogP contribution in [0.15, 0.2) is 18.6 Å². The summed E-state index contributed by atoms with van der Waals surface area (Å²) in [4.78, 5) is 0. The highest BCUT2D eigenvalue weighted by atomic mass is 16.5. The van der Waals surface area contributed by atoms with E-state index in [1.54, 1.807) is 13.3 Å². The van der Waals surface area contributed by atoms with E-state index >= 15 is 0 Å². The van der Waals surface area contributed by atoms with Gasteiger partial charge in [-0.15, -0.1) is 5.10 Å². The van der Waals surface area contributed by atoms with Crippen LogP contribution in [0.4, 0.5) is 5.69 Å². The molecule has 0 unspecified atom stereocenters. The van der Waals surface area contributed by atoms with Crippen molar-refractivity contribution in [1.82, 2.24) is 24.8 Å². The minimum Gasteiger partial charge on any atom is -0.383 e. The van der Waals surface area contributed by atoms with E-state index in [1.165, 1.54) is 0 Å². The van der Waals surface area contributed by atoms with Crippen LogP contribution in [0.5, 0.6) is 0 Å². The van der Waals surface area contributed by atoms with Gasteiger partial charge in [-0.05, 0) is 20.8 Å². The molecular formula is C13H22N6O. The summed E-state index contributed by atoms with van der Waals surface area (Å²) in [6.07, 6.45) is 5.71. The molecule has 0 fully saturated rings. The Morgan fingerprint density at radius 3 is 2.75 bits per heavy atom. The molecule has 2 aromatic rings. The van der Waals surface area contributed by atoms with Crippen LogP contribution < -0.4 is 5.32 Å². The smallest absolute Gasteiger partial charge is 0.102 e. The second kappa shape index (κ2) is 6.04. The fourth-order valence-electron chi connectivity index (χ4n) is 1.66. The largest absolute Gasteiger partial charge is 0.383 e. The number of methoxy groups -OCH3 is 1. The summed E-state index contributed by atoms with van der Waals surface area (Å²) in [5, 5.41) is 15.8. The molecule has 110 valence electrons. The van der Waals surface area contributed by atoms with Gasteiger partial charge in [0, 0.05) is 13.3 Å². The topological polar surface area (TPSA) is 69.8 Å². The number of anilines is 1. The van der Waals surface area contributed by atoms with Crippen LogP contribution >= 0.6 is 0 Å². The summed E-state index contributed by atoms with van der Waals surface area (Å²) in [5.41, 5.74) is 1.83. The molecule has 0 spiro atoms. The zero-order valence-corrected chi connectivity index (χ0v) is 12.5. The van der Waals surface area contributed by atoms with Gasteiger partial charge in [0.1, 0.15) is 5.69 Å². The van der Waals surface area contributed by atoms with E-state index < -0.39 is 0 Å². The van der Waals surface area contributed by atoms with Gasteiger partial charge in [0.2, 0.25) is 0 Å². The van der Waals surface area contributed by atoms with E-state index in [0.29, 0.717) is 13.2 Å². The molecule has 0 atom stereocenters. The standard InChI is InChI=1S/C13H22N6O/c1-13(2,3)19-10-12(16-17-19)7-14-11-8-15-18(9-11)5-6-20-4/h8-10,14H,5-7H2,1-4H3. The SMILES string of the molecule is COCCn1cc(NCc2cn(C(C)(C)C)nn2)cn1. The summed E-state index contributed by atoms with van der Waals surface area (Å²) in [5.74, 6) is 0. The Kier molecular flexibility index (Phi) is 4.39. The second-order valence-electron chi connectivity index (χ2n) is 5.66. The molecule has 20 heavy (non-hydrogen) atoms. The van der Waals surface area contributed by atoms with Crippen LogP contribution in [-0.2, 0) is 23.4 Å². The van der Waals surface area contributed by atoms with E-state index in [9.17, 15) is 0 Å². The zero-order valence-electron chi connectivity index (χ0n) is 12.5. The van der Waals surface area contributed by atoms with Gasteiger partial charge in [-0.3, -0.25) is 4.68 Å². The number of aromatic nitrogens is 5. The van der Waals surface area contributed by atoms with Gasteiger partial charge >= 0.3 is 0 Å². The van der Waals surface area contributed by atoms with Gasteiger partial charge in [-0.25, -0.2) is 4.68 Å². The fourth-order valence-corrected chi connectivity index (χ4v) is 1.66. The lowest BCUT2D eigenvalue weighted by molar-refractivity contribution is 0.183. The summed E-state index contributed by atoms with van der Waals surface area (Å²) in [6, 6.07) is 0. The molecule has 2 heterocycles. The molecule has 0 saturated heterocycles. The first kappa shape index (κ1) is 14.5. The van der Waals surface area contributed by atoms with Crippen LogP contribution in [0.3, 0.4) is 0 Å². The maximum absolute atomic E-state index is 5.02. The Hall–Kier alpha value is -1.89. The third-order valence-electron chi connectivity index (χ3n) is 2.86. The van der Waals surface area contributed by atoms with Crippen molar-refractivity contribution in [1.29, 1.82) is 0 Å². The Morgan fingerprint density at radius 2 is 2.10 bits per heavy atom. The van der Waals surface area contributed by atoms with Crippen LogP contribution in [-0.4, -0.2) is 38.5 Å². The van der Waals surface area contributed by atoms with E-state index in [2.05, 4.69) is 41.5 Å². The van der Waals surface area contributed by atoms with Gasteiger partial charge in [0.05, 0.1) is 43.3 Å². The van der Waals surface area contributed by atoms with Crippen molar-refractivity contribution in [3.8, 4) is 0 Å². The monoisotopic (exact) mass is 278 g/mol. The maximum Gasteiger partial charge on any atom is 0.102 e. The van der Waals surface area contributed by atoms with E-state index in [-0.39, 0.29) is 5.54 Å². The van der Waals surface area contributed by atoms with E-state index in [1.807, 2.05) is 21.8 Å². The summed E-state index contributed by atoms with van der Waals surface area (Å²) >= 11 is 0. The van der Waals surface area contributed by atoms with Crippen molar-refractivity contribution in [2.24, 2.45) is 0 Å². The summed E-state index contributed by atoms with van der Waals surface area (Å²) in [7, 11) is 1.68. The van der Waals surface area contributed by atoms with Crippen molar-refractivity contribution in [2.45, 2.75) is 39.4 Å². The Morgan fingerprint density at radius 1 is 1.30 bits per heavy atom. The number of ether oxygens (including phenoxy) is 1. The minimum absolute atomic E-state index is 0.0454. The predicted octanol–water partition coefficient (Wildman–Crippen LogP) is 1.49. The summed E-state index contributed by atoms with van der Waals surface area (Å²) < 4.78 is 8.73. The second-order valence-corrected chi connectivity index (χ2v) is 5.66. The Bertz CT molecular complexity index is 539. The molecule has 7 nitrogen and oxygen atoms in total. The van der Waals surface area contributed by atoms with Gasteiger partial charge in [-0.2, -0.15) is 5.10 Å². The molecule has 0 saturated carbocycles. The van der Waals surface area contributed by atoms with Gasteiger partial charge in [0.15, 0.2) is 0 Å². The average molecular weight is 278 g/mol. The molecule has 0 aromatic carbocycles. The van der Waals surface area contributed by atoms with Crippen molar-refractivity contribution < 1.29 is 4.74 Å². The number of hydrogen-bond donors (Lipinski definition) is 1. The van der Waals surface area contributed by atoms with Crippen LogP contribution in [0.2, 0.25) is 0 Å². The lowest BCUT2D eigenvalue weighted by Gasteiger charge is -2.17. The first-order chi connectivity index (χ1) is 9.49. The highest BCUT2D eigenvalue weighted by Crippen LogP contribution is 2.12. The Labute approximate surface area is 118 Å². The molecule has 1 N–H and O–H groups in total. The van der Waals surface area contributed by atoms with Gasteiger partial charge in [-0.1, -0.05) is 5.21 Å². The van der Waals surface area contributed by atoms with Crippen molar-refractivity contribution in [2.75, 3.05) is 19.0 Å². The number of nitrogens with zero attached hydrogens (tertiary/aromatic N) is 5. The predicted molar refractivity (Wildman–Crippen MR) is 76.4 cm³/mol. The Balaban J connectivity index is 1.88. The van der Waals surface area contributed by atoms with Crippen molar-refractivity contribution in [3.05, 3.63) is 24.3 Å². The summed E-state index contributed by atoms with van der Waals surface area (Å²) in [6.45, 7) is 8.32. The molecule has 2 rings (SSSR count). The highest BCUT2D eigenvalue weighted by Gasteiger charge is 2.14. The fraction of sp³-hybridized carbons (Fsp3) is 0.615. The normalized spacial score (nSPS) is 11.8. The molecule has 0 amide bonds. The minimum atomic E-state index is -0.0454.